The van der Waals surface area contributed by atoms with Crippen LogP contribution in [-0.2, 0) is 9.78 Å². The van der Waals surface area contributed by atoms with Crippen LogP contribution in [0.4, 0.5) is 0 Å². The third kappa shape index (κ3) is 3.55. The molecule has 0 spiro atoms. The standard InChI is InChI=1S/C19H20O3/c20-19(22-21-16-11-5-2-6-12-16)18-14-8-7-13-17(18)15-9-3-1-4-10-15/h1,3-4,7-10,13-14,16H,2,5-6,11-12H2. The van der Waals surface area contributed by atoms with E-state index in [0.29, 0.717) is 5.56 Å². The van der Waals surface area contributed by atoms with Crippen LogP contribution in [0.2, 0.25) is 0 Å². The zero-order valence-corrected chi connectivity index (χ0v) is 12.5. The molecule has 0 bridgehead atoms. The van der Waals surface area contributed by atoms with Crippen molar-refractivity contribution in [3.05, 3.63) is 60.2 Å². The lowest BCUT2D eigenvalue weighted by molar-refractivity contribution is -0.279. The highest BCUT2D eigenvalue weighted by atomic mass is 17.2. The molecule has 1 aliphatic carbocycles. The van der Waals surface area contributed by atoms with E-state index in [0.717, 1.165) is 36.8 Å². The summed E-state index contributed by atoms with van der Waals surface area (Å²) in [7, 11) is 0. The fourth-order valence-corrected chi connectivity index (χ4v) is 2.85. The molecule has 0 radical (unpaired) electrons. The Balaban J connectivity index is 1.72. The second-order valence-electron chi connectivity index (χ2n) is 5.64. The van der Waals surface area contributed by atoms with Crippen LogP contribution in [0.1, 0.15) is 42.5 Å². The summed E-state index contributed by atoms with van der Waals surface area (Å²) in [5, 5.41) is 0. The molecule has 0 N–H and O–H groups in total. The highest BCUT2D eigenvalue weighted by Crippen LogP contribution is 2.25. The smallest absolute Gasteiger partial charge is 0.293 e. The second kappa shape index (κ2) is 7.23. The lowest BCUT2D eigenvalue weighted by Gasteiger charge is -2.20. The number of rotatable bonds is 4. The van der Waals surface area contributed by atoms with Gasteiger partial charge < -0.3 is 0 Å². The third-order valence-corrected chi connectivity index (χ3v) is 4.04. The van der Waals surface area contributed by atoms with Crippen molar-refractivity contribution in [2.75, 3.05) is 0 Å². The molecule has 0 heterocycles. The van der Waals surface area contributed by atoms with Crippen molar-refractivity contribution in [1.82, 2.24) is 0 Å². The molecule has 22 heavy (non-hydrogen) atoms. The number of carbonyl (C=O) groups excluding carboxylic acids is 1. The van der Waals surface area contributed by atoms with Gasteiger partial charge in [-0.2, -0.15) is 4.89 Å². The van der Waals surface area contributed by atoms with E-state index >= 15 is 0 Å². The van der Waals surface area contributed by atoms with Crippen LogP contribution in [0, 0.1) is 0 Å². The maximum Gasteiger partial charge on any atom is 0.373 e. The van der Waals surface area contributed by atoms with E-state index in [1.165, 1.54) is 6.42 Å². The van der Waals surface area contributed by atoms with Crippen LogP contribution in [-0.4, -0.2) is 12.1 Å². The van der Waals surface area contributed by atoms with Crippen LogP contribution in [0.3, 0.4) is 0 Å². The first-order valence-electron chi connectivity index (χ1n) is 7.87. The molecule has 0 atom stereocenters. The normalized spacial score (nSPS) is 15.5. The number of carbonyl (C=O) groups is 1. The topological polar surface area (TPSA) is 35.5 Å². The van der Waals surface area contributed by atoms with Crippen LogP contribution >= 0.6 is 0 Å². The van der Waals surface area contributed by atoms with Crippen molar-refractivity contribution >= 4 is 5.97 Å². The summed E-state index contributed by atoms with van der Waals surface area (Å²) in [6, 6.07) is 17.3. The van der Waals surface area contributed by atoms with Gasteiger partial charge in [0.25, 0.3) is 0 Å². The number of hydrogen-bond acceptors (Lipinski definition) is 3. The molecule has 0 amide bonds. The van der Waals surface area contributed by atoms with Crippen molar-refractivity contribution in [1.29, 1.82) is 0 Å². The van der Waals surface area contributed by atoms with E-state index in [-0.39, 0.29) is 6.10 Å². The number of hydrogen-bond donors (Lipinski definition) is 0. The summed E-state index contributed by atoms with van der Waals surface area (Å²) in [5.74, 6) is -0.426. The minimum atomic E-state index is -0.426. The van der Waals surface area contributed by atoms with Gasteiger partial charge in [-0.1, -0.05) is 67.8 Å². The Morgan fingerprint density at radius 1 is 0.864 bits per heavy atom. The fraction of sp³-hybridized carbons (Fsp3) is 0.316. The lowest BCUT2D eigenvalue weighted by atomic mass is 9.98. The van der Waals surface area contributed by atoms with Gasteiger partial charge in [0.2, 0.25) is 0 Å². The molecule has 1 saturated carbocycles. The van der Waals surface area contributed by atoms with Gasteiger partial charge >= 0.3 is 5.97 Å². The molecule has 3 nitrogen and oxygen atoms in total. The highest BCUT2D eigenvalue weighted by Gasteiger charge is 2.19. The summed E-state index contributed by atoms with van der Waals surface area (Å²) in [6.45, 7) is 0. The summed E-state index contributed by atoms with van der Waals surface area (Å²) in [6.07, 6.45) is 5.50. The molecule has 0 aromatic heterocycles. The Morgan fingerprint density at radius 3 is 2.32 bits per heavy atom. The van der Waals surface area contributed by atoms with Crippen molar-refractivity contribution in [2.24, 2.45) is 0 Å². The van der Waals surface area contributed by atoms with Crippen LogP contribution in [0.5, 0.6) is 0 Å². The first kappa shape index (κ1) is 14.8. The predicted molar refractivity (Wildman–Crippen MR) is 85.3 cm³/mol. The van der Waals surface area contributed by atoms with Crippen molar-refractivity contribution in [3.8, 4) is 11.1 Å². The van der Waals surface area contributed by atoms with E-state index in [2.05, 4.69) is 0 Å². The Kier molecular flexibility index (Phi) is 4.86. The lowest BCUT2D eigenvalue weighted by Crippen LogP contribution is -2.19. The average molecular weight is 296 g/mol. The Bertz CT molecular complexity index is 616. The van der Waals surface area contributed by atoms with Gasteiger partial charge in [0, 0.05) is 0 Å². The predicted octanol–water partition coefficient (Wildman–Crippen LogP) is 4.77. The first-order chi connectivity index (χ1) is 10.8. The maximum absolute atomic E-state index is 12.3. The monoisotopic (exact) mass is 296 g/mol. The fourth-order valence-electron chi connectivity index (χ4n) is 2.85. The first-order valence-corrected chi connectivity index (χ1v) is 7.87. The molecule has 3 heteroatoms. The molecule has 1 fully saturated rings. The van der Waals surface area contributed by atoms with Gasteiger partial charge in [-0.15, -0.1) is 0 Å². The van der Waals surface area contributed by atoms with Gasteiger partial charge in [-0.3, -0.25) is 4.89 Å². The maximum atomic E-state index is 12.3. The molecular weight excluding hydrogens is 276 g/mol. The van der Waals surface area contributed by atoms with E-state index in [9.17, 15) is 4.79 Å². The Hall–Kier alpha value is -2.13. The molecule has 114 valence electrons. The third-order valence-electron chi connectivity index (χ3n) is 4.04. The largest absolute Gasteiger partial charge is 0.373 e. The van der Waals surface area contributed by atoms with Crippen LogP contribution in [0.25, 0.3) is 11.1 Å². The van der Waals surface area contributed by atoms with E-state index in [1.54, 1.807) is 6.07 Å². The number of benzene rings is 2. The summed E-state index contributed by atoms with van der Waals surface area (Å²) in [4.78, 5) is 22.8. The molecule has 3 rings (SSSR count). The molecule has 0 saturated heterocycles. The Labute approximate surface area is 130 Å². The van der Waals surface area contributed by atoms with Gasteiger partial charge in [0.1, 0.15) is 6.10 Å². The molecule has 2 aromatic carbocycles. The summed E-state index contributed by atoms with van der Waals surface area (Å²) < 4.78 is 0. The zero-order valence-electron chi connectivity index (χ0n) is 12.5. The summed E-state index contributed by atoms with van der Waals surface area (Å²) in [5.41, 5.74) is 2.39. The SMILES string of the molecule is O=C(OOC1CCCCC1)c1ccccc1-c1ccccc1. The zero-order chi connectivity index (χ0) is 15.2. The summed E-state index contributed by atoms with van der Waals surface area (Å²) >= 11 is 0. The van der Waals surface area contributed by atoms with Crippen molar-refractivity contribution < 1.29 is 14.6 Å². The quantitative estimate of drug-likeness (QED) is 0.602. The van der Waals surface area contributed by atoms with E-state index in [4.69, 9.17) is 9.78 Å². The molecule has 0 aliphatic heterocycles. The van der Waals surface area contributed by atoms with Gasteiger partial charge in [-0.25, -0.2) is 4.79 Å². The molecule has 2 aromatic rings. The minimum absolute atomic E-state index is 0.0431. The van der Waals surface area contributed by atoms with Crippen LogP contribution in [0.15, 0.2) is 54.6 Å². The van der Waals surface area contributed by atoms with Crippen LogP contribution < -0.4 is 0 Å². The van der Waals surface area contributed by atoms with Crippen molar-refractivity contribution in [2.45, 2.75) is 38.2 Å². The van der Waals surface area contributed by atoms with E-state index < -0.39 is 5.97 Å². The van der Waals surface area contributed by atoms with Gasteiger partial charge in [0.15, 0.2) is 0 Å². The van der Waals surface area contributed by atoms with Gasteiger partial charge in [-0.05, 0) is 30.0 Å². The van der Waals surface area contributed by atoms with E-state index in [1.807, 2.05) is 48.5 Å². The Morgan fingerprint density at radius 2 is 1.55 bits per heavy atom. The molecular formula is C19H20O3. The molecule has 0 unspecified atom stereocenters. The second-order valence-corrected chi connectivity index (χ2v) is 5.64. The molecule has 1 aliphatic rings. The highest BCUT2D eigenvalue weighted by molar-refractivity contribution is 5.96. The average Bonchev–Trinajstić information content (AvgIpc) is 2.61. The minimum Gasteiger partial charge on any atom is -0.293 e. The van der Waals surface area contributed by atoms with Gasteiger partial charge in [0.05, 0.1) is 5.56 Å². The van der Waals surface area contributed by atoms with Crippen molar-refractivity contribution in [3.63, 3.8) is 0 Å².